The molecule has 7 heteroatoms. The molecule has 2 aromatic heterocycles. The van der Waals surface area contributed by atoms with Crippen LogP contribution in [-0.4, -0.2) is 31.1 Å². The third kappa shape index (κ3) is 4.19. The van der Waals surface area contributed by atoms with Crippen LogP contribution in [0.1, 0.15) is 58.1 Å². The molecule has 6 nitrogen and oxygen atoms in total. The van der Waals surface area contributed by atoms with Crippen LogP contribution in [0, 0.1) is 0 Å². The van der Waals surface area contributed by atoms with Gasteiger partial charge >= 0.3 is 0 Å². The number of thiophene rings is 1. The number of hydrogen-bond donors (Lipinski definition) is 2. The number of carbonyl (C=O) groups is 2. The number of amides is 2. The predicted molar refractivity (Wildman–Crippen MR) is 126 cm³/mol. The first-order valence-corrected chi connectivity index (χ1v) is 12.3. The second-order valence-corrected chi connectivity index (χ2v) is 9.68. The highest BCUT2D eigenvalue weighted by molar-refractivity contribution is 7.17. The van der Waals surface area contributed by atoms with Crippen LogP contribution in [-0.2, 0) is 35.2 Å². The lowest BCUT2D eigenvalue weighted by atomic mass is 10.1. The Morgan fingerprint density at radius 3 is 2.94 bits per heavy atom. The van der Waals surface area contributed by atoms with Crippen LogP contribution in [0.3, 0.4) is 0 Å². The summed E-state index contributed by atoms with van der Waals surface area (Å²) in [4.78, 5) is 27.2. The lowest BCUT2D eigenvalue weighted by Gasteiger charge is -2.12. The predicted octanol–water partition coefficient (Wildman–Crippen LogP) is 4.64. The number of furan rings is 1. The molecule has 2 amide bonds. The standard InChI is InChI=1S/C25H28N2O4S/c1-2-15-8-9-20-19(11-15)16(14-31-20)12-22(28)27-25-23(18-6-3-7-21(18)32-25)24(29)26-13-17-5-4-10-30-17/h8-9,11,14,17H,2-7,10,12-13H2,1H3,(H,26,29)(H,27,28). The molecule has 32 heavy (non-hydrogen) atoms. The Morgan fingerprint density at radius 1 is 1.22 bits per heavy atom. The second kappa shape index (κ2) is 9.08. The third-order valence-electron chi connectivity index (χ3n) is 6.39. The van der Waals surface area contributed by atoms with E-state index in [-0.39, 0.29) is 24.3 Å². The molecule has 168 valence electrons. The van der Waals surface area contributed by atoms with E-state index in [9.17, 15) is 9.59 Å². The Morgan fingerprint density at radius 2 is 2.12 bits per heavy atom. The number of anilines is 1. The number of ether oxygens (including phenoxy) is 1. The Bertz CT molecular complexity index is 1160. The number of aryl methyl sites for hydroxylation is 2. The Hall–Kier alpha value is -2.64. The van der Waals surface area contributed by atoms with E-state index in [1.165, 1.54) is 21.8 Å². The van der Waals surface area contributed by atoms with Crippen LogP contribution in [0.5, 0.6) is 0 Å². The van der Waals surface area contributed by atoms with Crippen LogP contribution >= 0.6 is 11.3 Å². The van der Waals surface area contributed by atoms with Gasteiger partial charge in [0.15, 0.2) is 0 Å². The minimum atomic E-state index is -0.136. The summed E-state index contributed by atoms with van der Waals surface area (Å²) in [7, 11) is 0. The van der Waals surface area contributed by atoms with Gasteiger partial charge in [-0.15, -0.1) is 11.3 Å². The van der Waals surface area contributed by atoms with Crippen molar-refractivity contribution in [2.24, 2.45) is 0 Å². The van der Waals surface area contributed by atoms with Crippen molar-refractivity contribution in [3.05, 3.63) is 51.6 Å². The van der Waals surface area contributed by atoms with E-state index in [1.54, 1.807) is 6.26 Å². The Balaban J connectivity index is 1.32. The molecule has 0 bridgehead atoms. The van der Waals surface area contributed by atoms with Gasteiger partial charge in [-0.3, -0.25) is 9.59 Å². The molecule has 0 saturated carbocycles. The van der Waals surface area contributed by atoms with Crippen molar-refractivity contribution in [1.82, 2.24) is 5.32 Å². The summed E-state index contributed by atoms with van der Waals surface area (Å²) in [6.45, 7) is 3.38. The fraction of sp³-hybridized carbons (Fsp3) is 0.440. The normalized spacial score (nSPS) is 17.6. The molecule has 5 rings (SSSR count). The molecule has 3 aromatic rings. The highest BCUT2D eigenvalue weighted by Crippen LogP contribution is 2.39. The Kier molecular flexibility index (Phi) is 6.02. The van der Waals surface area contributed by atoms with Crippen molar-refractivity contribution in [2.75, 3.05) is 18.5 Å². The number of fused-ring (bicyclic) bond motifs is 2. The first kappa shape index (κ1) is 21.2. The van der Waals surface area contributed by atoms with Gasteiger partial charge in [0.05, 0.1) is 24.4 Å². The van der Waals surface area contributed by atoms with Crippen molar-refractivity contribution in [1.29, 1.82) is 0 Å². The lowest BCUT2D eigenvalue weighted by Crippen LogP contribution is -2.32. The Labute approximate surface area is 191 Å². The maximum atomic E-state index is 13.1. The summed E-state index contributed by atoms with van der Waals surface area (Å²) in [6, 6.07) is 6.09. The van der Waals surface area contributed by atoms with Crippen LogP contribution in [0.25, 0.3) is 11.0 Å². The van der Waals surface area contributed by atoms with Gasteiger partial charge in [0, 0.05) is 29.0 Å². The van der Waals surface area contributed by atoms with Crippen molar-refractivity contribution in [2.45, 2.75) is 58.0 Å². The van der Waals surface area contributed by atoms with Crippen LogP contribution in [0.15, 0.2) is 28.9 Å². The van der Waals surface area contributed by atoms with Gasteiger partial charge in [-0.05, 0) is 61.8 Å². The van der Waals surface area contributed by atoms with E-state index < -0.39 is 0 Å². The van der Waals surface area contributed by atoms with Crippen LogP contribution in [0.2, 0.25) is 0 Å². The summed E-state index contributed by atoms with van der Waals surface area (Å²) in [5, 5.41) is 7.69. The van der Waals surface area contributed by atoms with Gasteiger partial charge in [0.1, 0.15) is 10.6 Å². The average molecular weight is 453 g/mol. The summed E-state index contributed by atoms with van der Waals surface area (Å²) < 4.78 is 11.3. The molecular weight excluding hydrogens is 424 g/mol. The molecule has 1 aliphatic carbocycles. The van der Waals surface area contributed by atoms with E-state index in [2.05, 4.69) is 23.6 Å². The molecule has 0 spiro atoms. The van der Waals surface area contributed by atoms with Crippen LogP contribution < -0.4 is 10.6 Å². The minimum absolute atomic E-state index is 0.0889. The van der Waals surface area contributed by atoms with Crippen molar-refractivity contribution >= 4 is 39.1 Å². The van der Waals surface area contributed by atoms with E-state index in [0.29, 0.717) is 17.1 Å². The average Bonchev–Trinajstić information content (AvgIpc) is 3.57. The molecular formula is C25H28N2O4S. The van der Waals surface area contributed by atoms with Crippen molar-refractivity contribution < 1.29 is 18.7 Å². The van der Waals surface area contributed by atoms with E-state index in [0.717, 1.165) is 67.2 Å². The highest BCUT2D eigenvalue weighted by Gasteiger charge is 2.28. The molecule has 1 atom stereocenters. The van der Waals surface area contributed by atoms with Gasteiger partial charge in [-0.1, -0.05) is 13.0 Å². The van der Waals surface area contributed by atoms with Crippen LogP contribution in [0.4, 0.5) is 5.00 Å². The fourth-order valence-electron chi connectivity index (χ4n) is 4.66. The molecule has 0 radical (unpaired) electrons. The van der Waals surface area contributed by atoms with Crippen molar-refractivity contribution in [3.8, 4) is 0 Å². The molecule has 1 unspecified atom stereocenters. The van der Waals surface area contributed by atoms with E-state index in [4.69, 9.17) is 9.15 Å². The molecule has 1 aliphatic heterocycles. The highest BCUT2D eigenvalue weighted by atomic mass is 32.1. The first-order chi connectivity index (χ1) is 15.6. The van der Waals surface area contributed by atoms with Crippen molar-refractivity contribution in [3.63, 3.8) is 0 Å². The molecule has 2 aliphatic rings. The van der Waals surface area contributed by atoms with Gasteiger partial charge in [-0.25, -0.2) is 0 Å². The quantitative estimate of drug-likeness (QED) is 0.547. The minimum Gasteiger partial charge on any atom is -0.464 e. The first-order valence-electron chi connectivity index (χ1n) is 11.5. The smallest absolute Gasteiger partial charge is 0.254 e. The van der Waals surface area contributed by atoms with Gasteiger partial charge in [0.2, 0.25) is 5.91 Å². The monoisotopic (exact) mass is 452 g/mol. The van der Waals surface area contributed by atoms with Gasteiger partial charge in [0.25, 0.3) is 5.91 Å². The third-order valence-corrected chi connectivity index (χ3v) is 7.60. The molecule has 3 heterocycles. The maximum absolute atomic E-state index is 13.1. The number of nitrogens with one attached hydrogen (secondary N) is 2. The van der Waals surface area contributed by atoms with E-state index in [1.807, 2.05) is 12.1 Å². The zero-order valence-corrected chi connectivity index (χ0v) is 19.1. The summed E-state index contributed by atoms with van der Waals surface area (Å²) in [5.41, 5.74) is 4.59. The second-order valence-electron chi connectivity index (χ2n) is 8.58. The van der Waals surface area contributed by atoms with Gasteiger partial charge in [-0.2, -0.15) is 0 Å². The molecule has 1 saturated heterocycles. The summed E-state index contributed by atoms with van der Waals surface area (Å²) in [5.74, 6) is -0.251. The fourth-order valence-corrected chi connectivity index (χ4v) is 5.97. The summed E-state index contributed by atoms with van der Waals surface area (Å²) >= 11 is 1.54. The molecule has 1 fully saturated rings. The zero-order valence-electron chi connectivity index (χ0n) is 18.3. The topological polar surface area (TPSA) is 80.6 Å². The molecule has 1 aromatic carbocycles. The van der Waals surface area contributed by atoms with Gasteiger partial charge < -0.3 is 19.8 Å². The lowest BCUT2D eigenvalue weighted by molar-refractivity contribution is -0.115. The molecule has 2 N–H and O–H groups in total. The maximum Gasteiger partial charge on any atom is 0.254 e. The SMILES string of the molecule is CCc1ccc2occ(CC(=O)Nc3sc4c(c3C(=O)NCC3CCCO3)CCC4)c2c1. The summed E-state index contributed by atoms with van der Waals surface area (Å²) in [6.07, 6.45) is 7.81. The number of hydrogen-bond acceptors (Lipinski definition) is 5. The number of benzene rings is 1. The van der Waals surface area contributed by atoms with E-state index >= 15 is 0 Å². The largest absolute Gasteiger partial charge is 0.464 e. The number of carbonyl (C=O) groups excluding carboxylic acids is 2. The zero-order chi connectivity index (χ0) is 22.1. The number of rotatable bonds is 7.